The smallest absolute Gasteiger partial charge is 0.294 e. The number of hydrogen-bond acceptors (Lipinski definition) is 5. The molecular formula is C13H15N3O3. The Balaban J connectivity index is 2.28. The van der Waals surface area contributed by atoms with Crippen molar-refractivity contribution in [1.82, 2.24) is 5.16 Å². The standard InChI is InChI=1S/C13H15N3O3/c1-8-6-16(12(17)11(8)18-4)10-5-9(19-15-10)13(2,3)7-14/h5H,6H2,1-4H3. The zero-order valence-corrected chi connectivity index (χ0v) is 11.4. The summed E-state index contributed by atoms with van der Waals surface area (Å²) in [6.45, 7) is 5.71. The summed E-state index contributed by atoms with van der Waals surface area (Å²) >= 11 is 0. The number of methoxy groups -OCH3 is 1. The molecule has 0 spiro atoms. The van der Waals surface area contributed by atoms with Crippen LogP contribution in [0.5, 0.6) is 0 Å². The average molecular weight is 261 g/mol. The number of carbonyl (C=O) groups is 1. The average Bonchev–Trinajstić information content (AvgIpc) is 2.95. The van der Waals surface area contributed by atoms with Crippen LogP contribution in [0.2, 0.25) is 0 Å². The van der Waals surface area contributed by atoms with Crippen LogP contribution in [0.3, 0.4) is 0 Å². The Morgan fingerprint density at radius 1 is 1.58 bits per heavy atom. The Kier molecular flexibility index (Phi) is 3.06. The summed E-state index contributed by atoms with van der Waals surface area (Å²) in [5, 5.41) is 12.9. The number of anilines is 1. The van der Waals surface area contributed by atoms with E-state index in [-0.39, 0.29) is 5.91 Å². The van der Waals surface area contributed by atoms with Crippen LogP contribution >= 0.6 is 0 Å². The van der Waals surface area contributed by atoms with Gasteiger partial charge in [-0.15, -0.1) is 0 Å². The number of aromatic nitrogens is 1. The number of nitrogens with zero attached hydrogens (tertiary/aromatic N) is 3. The monoisotopic (exact) mass is 261 g/mol. The molecule has 0 N–H and O–H groups in total. The van der Waals surface area contributed by atoms with Crippen LogP contribution in [0.1, 0.15) is 26.5 Å². The highest BCUT2D eigenvalue weighted by Crippen LogP contribution is 2.29. The molecule has 100 valence electrons. The predicted molar refractivity (Wildman–Crippen MR) is 67.2 cm³/mol. The van der Waals surface area contributed by atoms with Gasteiger partial charge in [0.05, 0.1) is 19.7 Å². The minimum atomic E-state index is -0.777. The lowest BCUT2D eigenvalue weighted by Gasteiger charge is -2.12. The summed E-state index contributed by atoms with van der Waals surface area (Å²) in [6.07, 6.45) is 0. The lowest BCUT2D eigenvalue weighted by molar-refractivity contribution is -0.117. The van der Waals surface area contributed by atoms with E-state index in [4.69, 9.17) is 14.5 Å². The molecule has 1 aromatic rings. The van der Waals surface area contributed by atoms with Gasteiger partial charge in [-0.3, -0.25) is 9.69 Å². The minimum absolute atomic E-state index is 0.241. The quantitative estimate of drug-likeness (QED) is 0.828. The van der Waals surface area contributed by atoms with Crippen molar-refractivity contribution in [1.29, 1.82) is 5.26 Å². The van der Waals surface area contributed by atoms with Crippen LogP contribution in [0, 0.1) is 11.3 Å². The molecule has 0 aliphatic carbocycles. The molecule has 0 bridgehead atoms. The molecule has 0 aromatic carbocycles. The molecule has 0 saturated carbocycles. The van der Waals surface area contributed by atoms with E-state index in [1.165, 1.54) is 12.0 Å². The van der Waals surface area contributed by atoms with Gasteiger partial charge in [0.1, 0.15) is 5.41 Å². The maximum absolute atomic E-state index is 12.1. The van der Waals surface area contributed by atoms with Gasteiger partial charge in [-0.2, -0.15) is 5.26 Å². The second-order valence-electron chi connectivity index (χ2n) is 4.99. The van der Waals surface area contributed by atoms with Gasteiger partial charge in [0, 0.05) is 6.07 Å². The molecule has 0 unspecified atom stereocenters. The molecule has 1 aliphatic rings. The molecule has 1 aromatic heterocycles. The van der Waals surface area contributed by atoms with Gasteiger partial charge in [-0.1, -0.05) is 5.16 Å². The van der Waals surface area contributed by atoms with Crippen molar-refractivity contribution in [3.05, 3.63) is 23.2 Å². The van der Waals surface area contributed by atoms with E-state index in [0.29, 0.717) is 23.9 Å². The highest BCUT2D eigenvalue weighted by Gasteiger charge is 2.34. The van der Waals surface area contributed by atoms with Crippen molar-refractivity contribution >= 4 is 11.7 Å². The molecule has 2 rings (SSSR count). The van der Waals surface area contributed by atoms with Crippen molar-refractivity contribution in [3.8, 4) is 6.07 Å². The second-order valence-corrected chi connectivity index (χ2v) is 4.99. The molecule has 0 fully saturated rings. The van der Waals surface area contributed by atoms with Crippen molar-refractivity contribution in [2.24, 2.45) is 0 Å². The molecule has 6 heteroatoms. The zero-order valence-electron chi connectivity index (χ0n) is 11.4. The molecule has 2 heterocycles. The van der Waals surface area contributed by atoms with E-state index in [0.717, 1.165) is 5.57 Å². The van der Waals surface area contributed by atoms with Gasteiger partial charge in [0.15, 0.2) is 17.3 Å². The van der Waals surface area contributed by atoms with Crippen LogP contribution in [-0.2, 0) is 14.9 Å². The fraction of sp³-hybridized carbons (Fsp3) is 0.462. The Hall–Kier alpha value is -2.29. The van der Waals surface area contributed by atoms with Crippen molar-refractivity contribution in [3.63, 3.8) is 0 Å². The first kappa shape index (κ1) is 13.1. The topological polar surface area (TPSA) is 79.4 Å². The molecule has 0 saturated heterocycles. The van der Waals surface area contributed by atoms with Gasteiger partial charge in [-0.05, 0) is 26.3 Å². The fourth-order valence-electron chi connectivity index (χ4n) is 1.88. The number of carbonyl (C=O) groups excluding carboxylic acids is 1. The van der Waals surface area contributed by atoms with Crippen LogP contribution in [0.15, 0.2) is 21.9 Å². The van der Waals surface area contributed by atoms with Gasteiger partial charge in [0.2, 0.25) is 0 Å². The van der Waals surface area contributed by atoms with E-state index >= 15 is 0 Å². The van der Waals surface area contributed by atoms with Crippen LogP contribution in [0.25, 0.3) is 0 Å². The molecule has 6 nitrogen and oxygen atoms in total. The highest BCUT2D eigenvalue weighted by atomic mass is 16.5. The molecule has 19 heavy (non-hydrogen) atoms. The maximum Gasteiger partial charge on any atom is 0.294 e. The maximum atomic E-state index is 12.1. The number of amides is 1. The van der Waals surface area contributed by atoms with E-state index in [1.54, 1.807) is 19.9 Å². The minimum Gasteiger partial charge on any atom is -0.491 e. The van der Waals surface area contributed by atoms with Crippen molar-refractivity contribution < 1.29 is 14.1 Å². The van der Waals surface area contributed by atoms with Crippen molar-refractivity contribution in [2.75, 3.05) is 18.6 Å². The summed E-state index contributed by atoms with van der Waals surface area (Å²) < 4.78 is 10.2. The van der Waals surface area contributed by atoms with Gasteiger partial charge >= 0.3 is 0 Å². The third-order valence-electron chi connectivity index (χ3n) is 3.10. The number of hydrogen-bond donors (Lipinski definition) is 0. The van der Waals surface area contributed by atoms with E-state index < -0.39 is 5.41 Å². The summed E-state index contributed by atoms with van der Waals surface area (Å²) in [6, 6.07) is 3.75. The molecule has 1 aliphatic heterocycles. The van der Waals surface area contributed by atoms with Crippen LogP contribution in [0.4, 0.5) is 5.82 Å². The molecular weight excluding hydrogens is 246 g/mol. The summed E-state index contributed by atoms with van der Waals surface area (Å²) in [4.78, 5) is 13.5. The summed E-state index contributed by atoms with van der Waals surface area (Å²) in [7, 11) is 1.47. The van der Waals surface area contributed by atoms with Gasteiger partial charge in [-0.25, -0.2) is 0 Å². The van der Waals surface area contributed by atoms with E-state index in [1.807, 2.05) is 6.92 Å². The Labute approximate surface area is 111 Å². The predicted octanol–water partition coefficient (Wildman–Crippen LogP) is 1.74. The third kappa shape index (κ3) is 2.08. The zero-order chi connectivity index (χ0) is 14.2. The van der Waals surface area contributed by atoms with E-state index in [9.17, 15) is 4.79 Å². The first-order chi connectivity index (χ1) is 8.90. The Bertz CT molecular complexity index is 593. The Morgan fingerprint density at radius 3 is 2.79 bits per heavy atom. The SMILES string of the molecule is COC1=C(C)CN(c2cc(C(C)(C)C#N)on2)C1=O. The van der Waals surface area contributed by atoms with E-state index in [2.05, 4.69) is 11.2 Å². The number of rotatable bonds is 3. The summed E-state index contributed by atoms with van der Waals surface area (Å²) in [5.74, 6) is 0.926. The number of ether oxygens (including phenoxy) is 1. The first-order valence-electron chi connectivity index (χ1n) is 5.84. The first-order valence-corrected chi connectivity index (χ1v) is 5.84. The molecule has 1 amide bonds. The van der Waals surface area contributed by atoms with Crippen LogP contribution < -0.4 is 4.90 Å². The fourth-order valence-corrected chi connectivity index (χ4v) is 1.88. The Morgan fingerprint density at radius 2 is 2.26 bits per heavy atom. The third-order valence-corrected chi connectivity index (χ3v) is 3.10. The highest BCUT2D eigenvalue weighted by molar-refractivity contribution is 6.07. The molecule has 0 atom stereocenters. The largest absolute Gasteiger partial charge is 0.491 e. The summed E-state index contributed by atoms with van der Waals surface area (Å²) in [5.41, 5.74) is 0.0669. The number of nitriles is 1. The lowest BCUT2D eigenvalue weighted by Crippen LogP contribution is -2.27. The normalized spacial score (nSPS) is 15.9. The van der Waals surface area contributed by atoms with Crippen LogP contribution in [-0.4, -0.2) is 24.7 Å². The van der Waals surface area contributed by atoms with Gasteiger partial charge < -0.3 is 9.26 Å². The second kappa shape index (κ2) is 4.43. The van der Waals surface area contributed by atoms with Crippen molar-refractivity contribution in [2.45, 2.75) is 26.2 Å². The molecule has 0 radical (unpaired) electrons. The van der Waals surface area contributed by atoms with Gasteiger partial charge in [0.25, 0.3) is 5.91 Å². The lowest BCUT2D eigenvalue weighted by atomic mass is 9.92.